The summed E-state index contributed by atoms with van der Waals surface area (Å²) in [7, 11) is 0. The number of carbonyl (C=O) groups excluding carboxylic acids is 3. The lowest BCUT2D eigenvalue weighted by molar-refractivity contribution is -0.143. The van der Waals surface area contributed by atoms with Crippen LogP contribution >= 0.6 is 23.2 Å². The third-order valence-corrected chi connectivity index (χ3v) is 7.42. The molecule has 2 aliphatic heterocycles. The molecule has 0 saturated carbocycles. The van der Waals surface area contributed by atoms with E-state index in [0.717, 1.165) is 18.7 Å². The average Bonchev–Trinajstić information content (AvgIpc) is 3.27. The molecule has 14 heteroatoms. The zero-order valence-corrected chi connectivity index (χ0v) is 23.5. The van der Waals surface area contributed by atoms with Crippen molar-refractivity contribution in [2.45, 2.75) is 31.5 Å². The molecule has 40 heavy (non-hydrogen) atoms. The lowest BCUT2D eigenvalue weighted by Crippen LogP contribution is -2.57. The SMILES string of the molecule is CC(C(=O)NO)N1CC[C@@](NC(=O)NCCN2CCOCC2)(c2ccc(OCc3cc(Cl)nc(Cl)c3)cc2)C1=O. The van der Waals surface area contributed by atoms with Crippen molar-refractivity contribution < 1.29 is 29.1 Å². The van der Waals surface area contributed by atoms with Crippen molar-refractivity contribution in [3.8, 4) is 5.75 Å². The number of urea groups is 1. The van der Waals surface area contributed by atoms with E-state index in [-0.39, 0.29) is 29.9 Å². The third kappa shape index (κ3) is 7.12. The average molecular weight is 595 g/mol. The van der Waals surface area contributed by atoms with Crippen LogP contribution in [0.3, 0.4) is 0 Å². The summed E-state index contributed by atoms with van der Waals surface area (Å²) < 4.78 is 11.2. The molecule has 4 N–H and O–H groups in total. The molecule has 0 radical (unpaired) electrons. The van der Waals surface area contributed by atoms with Crippen LogP contribution in [0.5, 0.6) is 5.75 Å². The molecule has 3 heterocycles. The fourth-order valence-electron chi connectivity index (χ4n) is 4.79. The fraction of sp³-hybridized carbons (Fsp3) is 0.462. The Hall–Kier alpha value is -3.16. The van der Waals surface area contributed by atoms with Gasteiger partial charge in [-0.3, -0.25) is 19.7 Å². The van der Waals surface area contributed by atoms with E-state index in [1.54, 1.807) is 41.9 Å². The van der Waals surface area contributed by atoms with Gasteiger partial charge in [0.25, 0.3) is 11.8 Å². The summed E-state index contributed by atoms with van der Waals surface area (Å²) in [6.45, 7) is 5.83. The summed E-state index contributed by atoms with van der Waals surface area (Å²) in [5.41, 5.74) is 1.43. The van der Waals surface area contributed by atoms with Crippen molar-refractivity contribution in [1.29, 1.82) is 0 Å². The summed E-state index contributed by atoms with van der Waals surface area (Å²) >= 11 is 11.9. The Bertz CT molecular complexity index is 1190. The number of hydrogen-bond acceptors (Lipinski definition) is 8. The maximum absolute atomic E-state index is 13.7. The van der Waals surface area contributed by atoms with Gasteiger partial charge in [-0.1, -0.05) is 35.3 Å². The van der Waals surface area contributed by atoms with Crippen LogP contribution < -0.4 is 20.9 Å². The molecule has 2 atom stereocenters. The van der Waals surface area contributed by atoms with E-state index in [0.29, 0.717) is 37.6 Å². The molecule has 1 aromatic carbocycles. The van der Waals surface area contributed by atoms with Gasteiger partial charge in [0.2, 0.25) is 0 Å². The number of nitrogens with one attached hydrogen (secondary N) is 3. The first-order chi connectivity index (χ1) is 19.2. The molecule has 2 aliphatic rings. The Morgan fingerprint density at radius 2 is 1.82 bits per heavy atom. The Morgan fingerprint density at radius 1 is 1.15 bits per heavy atom. The summed E-state index contributed by atoms with van der Waals surface area (Å²) in [6, 6.07) is 8.64. The predicted molar refractivity (Wildman–Crippen MR) is 146 cm³/mol. The number of halogens is 2. The Labute approximate surface area is 241 Å². The second-order valence-electron chi connectivity index (χ2n) is 9.57. The van der Waals surface area contributed by atoms with Crippen LogP contribution in [0.4, 0.5) is 4.79 Å². The maximum atomic E-state index is 13.7. The lowest BCUT2D eigenvalue weighted by Gasteiger charge is -2.31. The molecule has 12 nitrogen and oxygen atoms in total. The molecule has 4 rings (SSSR count). The minimum absolute atomic E-state index is 0.191. The number of benzene rings is 1. The molecular formula is C26H32Cl2N6O6. The first-order valence-electron chi connectivity index (χ1n) is 12.9. The van der Waals surface area contributed by atoms with Crippen molar-refractivity contribution in [2.75, 3.05) is 45.9 Å². The first kappa shape index (κ1) is 29.8. The van der Waals surface area contributed by atoms with E-state index < -0.39 is 29.4 Å². The number of amides is 4. The van der Waals surface area contributed by atoms with Gasteiger partial charge in [0.1, 0.15) is 34.2 Å². The lowest BCUT2D eigenvalue weighted by atomic mass is 9.88. The number of nitrogens with zero attached hydrogens (tertiary/aromatic N) is 3. The van der Waals surface area contributed by atoms with Crippen molar-refractivity contribution in [3.63, 3.8) is 0 Å². The molecule has 2 saturated heterocycles. The molecule has 4 amide bonds. The number of rotatable bonds is 10. The van der Waals surface area contributed by atoms with Crippen LogP contribution in [0.15, 0.2) is 36.4 Å². The van der Waals surface area contributed by atoms with Crippen LogP contribution in [-0.2, 0) is 26.5 Å². The van der Waals surface area contributed by atoms with E-state index in [9.17, 15) is 14.4 Å². The first-order valence-corrected chi connectivity index (χ1v) is 13.6. The smallest absolute Gasteiger partial charge is 0.315 e. The van der Waals surface area contributed by atoms with Gasteiger partial charge in [0, 0.05) is 39.1 Å². The van der Waals surface area contributed by atoms with Gasteiger partial charge in [-0.25, -0.2) is 15.3 Å². The van der Waals surface area contributed by atoms with Gasteiger partial charge in [0.05, 0.1) is 13.2 Å². The van der Waals surface area contributed by atoms with Crippen molar-refractivity contribution in [1.82, 2.24) is 30.9 Å². The number of likely N-dealkylation sites (tertiary alicyclic amines) is 1. The Kier molecular flexibility index (Phi) is 10.0. The molecule has 0 bridgehead atoms. The van der Waals surface area contributed by atoms with Gasteiger partial charge in [0.15, 0.2) is 0 Å². The van der Waals surface area contributed by atoms with Crippen molar-refractivity contribution >= 4 is 41.0 Å². The number of hydroxylamine groups is 1. The second-order valence-corrected chi connectivity index (χ2v) is 10.3. The largest absolute Gasteiger partial charge is 0.489 e. The summed E-state index contributed by atoms with van der Waals surface area (Å²) in [5, 5.41) is 15.3. The highest BCUT2D eigenvalue weighted by Crippen LogP contribution is 2.35. The van der Waals surface area contributed by atoms with Crippen LogP contribution in [0.25, 0.3) is 0 Å². The van der Waals surface area contributed by atoms with Gasteiger partial charge >= 0.3 is 6.03 Å². The monoisotopic (exact) mass is 594 g/mol. The highest BCUT2D eigenvalue weighted by molar-refractivity contribution is 6.32. The van der Waals surface area contributed by atoms with Crippen molar-refractivity contribution in [2.24, 2.45) is 0 Å². The normalized spacial score (nSPS) is 20.2. The zero-order chi connectivity index (χ0) is 28.7. The molecule has 2 fully saturated rings. The standard InChI is InChI=1S/C26H32Cl2N6O6/c1-17(23(35)32-38)34-8-6-26(24(34)36,31-25(37)29-7-9-33-10-12-39-13-11-33)19-2-4-20(5-3-19)40-16-18-14-21(27)30-22(28)15-18/h2-5,14-15,17,38H,6-13,16H2,1H3,(H,32,35)(H2,29,31,37)/t17?,26-/m1/s1. The number of ether oxygens (including phenoxy) is 2. The summed E-state index contributed by atoms with van der Waals surface area (Å²) in [4.78, 5) is 46.3. The van der Waals surface area contributed by atoms with Crippen LogP contribution in [-0.4, -0.2) is 89.8 Å². The summed E-state index contributed by atoms with van der Waals surface area (Å²) in [5.74, 6) is -0.658. The Balaban J connectivity index is 1.48. The number of morpholine rings is 1. The number of pyridine rings is 1. The molecule has 0 spiro atoms. The quantitative estimate of drug-likeness (QED) is 0.185. The van der Waals surface area contributed by atoms with Crippen LogP contribution in [0, 0.1) is 0 Å². The van der Waals surface area contributed by atoms with E-state index in [4.69, 9.17) is 37.9 Å². The van der Waals surface area contributed by atoms with Gasteiger partial charge < -0.3 is 25.0 Å². The molecule has 1 aromatic heterocycles. The summed E-state index contributed by atoms with van der Waals surface area (Å²) in [6.07, 6.45) is 0.222. The van der Waals surface area contributed by atoms with E-state index in [1.807, 2.05) is 0 Å². The maximum Gasteiger partial charge on any atom is 0.315 e. The minimum Gasteiger partial charge on any atom is -0.489 e. The highest BCUT2D eigenvalue weighted by atomic mass is 35.5. The van der Waals surface area contributed by atoms with Crippen LogP contribution in [0.2, 0.25) is 10.3 Å². The Morgan fingerprint density at radius 3 is 2.48 bits per heavy atom. The minimum atomic E-state index is -1.42. The zero-order valence-electron chi connectivity index (χ0n) is 22.0. The van der Waals surface area contributed by atoms with Crippen LogP contribution in [0.1, 0.15) is 24.5 Å². The van der Waals surface area contributed by atoms with E-state index >= 15 is 0 Å². The van der Waals surface area contributed by atoms with Crippen molar-refractivity contribution in [3.05, 3.63) is 57.8 Å². The highest BCUT2D eigenvalue weighted by Gasteiger charge is 2.51. The van der Waals surface area contributed by atoms with E-state index in [1.165, 1.54) is 11.8 Å². The second kappa shape index (κ2) is 13.5. The molecule has 2 aromatic rings. The van der Waals surface area contributed by atoms with Gasteiger partial charge in [-0.05, 0) is 42.3 Å². The predicted octanol–water partition coefficient (Wildman–Crippen LogP) is 1.92. The molecule has 0 aliphatic carbocycles. The molecule has 1 unspecified atom stereocenters. The number of aromatic nitrogens is 1. The van der Waals surface area contributed by atoms with Gasteiger partial charge in [-0.15, -0.1) is 0 Å². The molecular weight excluding hydrogens is 563 g/mol. The molecule has 216 valence electrons. The third-order valence-electron chi connectivity index (χ3n) is 7.03. The number of carbonyl (C=O) groups is 3. The van der Waals surface area contributed by atoms with Gasteiger partial charge in [-0.2, -0.15) is 0 Å². The topological polar surface area (TPSA) is 145 Å². The number of hydrogen-bond donors (Lipinski definition) is 4. The fourth-order valence-corrected chi connectivity index (χ4v) is 5.30. The van der Waals surface area contributed by atoms with E-state index in [2.05, 4.69) is 20.5 Å².